The van der Waals surface area contributed by atoms with Gasteiger partial charge in [0.25, 0.3) is 0 Å². The molecule has 0 aliphatic rings. The van der Waals surface area contributed by atoms with Gasteiger partial charge in [0, 0.05) is 23.3 Å². The van der Waals surface area contributed by atoms with Crippen molar-refractivity contribution in [1.29, 1.82) is 0 Å². The molecule has 0 unspecified atom stereocenters. The van der Waals surface area contributed by atoms with Crippen LogP contribution in [0.15, 0.2) is 41.4 Å². The number of hydrogen-bond donors (Lipinski definition) is 2. The van der Waals surface area contributed by atoms with Gasteiger partial charge in [0.2, 0.25) is 0 Å². The Kier molecular flexibility index (Phi) is 9.16. The van der Waals surface area contributed by atoms with Crippen molar-refractivity contribution >= 4 is 41.3 Å². The molecule has 0 radical (unpaired) electrons. The van der Waals surface area contributed by atoms with Crippen LogP contribution in [0.25, 0.3) is 0 Å². The minimum Gasteiger partial charge on any atom is -0.356 e. The number of nitrogens with one attached hydrogen (secondary N) is 2. The van der Waals surface area contributed by atoms with E-state index >= 15 is 0 Å². The second kappa shape index (κ2) is 10.6. The van der Waals surface area contributed by atoms with E-state index in [0.29, 0.717) is 0 Å². The zero-order valence-electron chi connectivity index (χ0n) is 13.4. The molecule has 126 valence electrons. The maximum absolute atomic E-state index is 12.8. The molecule has 2 rings (SSSR count). The summed E-state index contributed by atoms with van der Waals surface area (Å²) in [6, 6.07) is 10.9. The molecule has 0 saturated carbocycles. The van der Waals surface area contributed by atoms with Crippen molar-refractivity contribution in [3.63, 3.8) is 0 Å². The number of guanidine groups is 1. The van der Waals surface area contributed by atoms with Crippen molar-refractivity contribution in [3.8, 4) is 0 Å². The zero-order chi connectivity index (χ0) is 15.8. The predicted octanol–water partition coefficient (Wildman–Crippen LogP) is 3.98. The Morgan fingerprint density at radius 1 is 1.09 bits per heavy atom. The molecule has 0 fully saturated rings. The van der Waals surface area contributed by atoms with E-state index in [2.05, 4.69) is 34.7 Å². The molecule has 1 heterocycles. The van der Waals surface area contributed by atoms with Crippen LogP contribution in [-0.4, -0.2) is 19.6 Å². The fourth-order valence-corrected chi connectivity index (χ4v) is 2.97. The molecule has 1 aromatic carbocycles. The molecule has 0 aliphatic heterocycles. The molecule has 1 aromatic heterocycles. The fourth-order valence-electron chi connectivity index (χ4n) is 2.08. The van der Waals surface area contributed by atoms with Gasteiger partial charge in [-0.25, -0.2) is 4.39 Å². The number of hydrogen-bond acceptors (Lipinski definition) is 2. The molecule has 23 heavy (non-hydrogen) atoms. The van der Waals surface area contributed by atoms with Gasteiger partial charge < -0.3 is 10.6 Å². The summed E-state index contributed by atoms with van der Waals surface area (Å²) >= 11 is 1.83. The molecule has 0 spiro atoms. The quantitative estimate of drug-likeness (QED) is 0.400. The lowest BCUT2D eigenvalue weighted by Gasteiger charge is -2.11. The summed E-state index contributed by atoms with van der Waals surface area (Å²) in [4.78, 5) is 6.92. The van der Waals surface area contributed by atoms with Crippen LogP contribution < -0.4 is 10.6 Å². The van der Waals surface area contributed by atoms with Crippen molar-refractivity contribution in [3.05, 3.63) is 57.5 Å². The molecule has 0 atom stereocenters. The van der Waals surface area contributed by atoms with Crippen LogP contribution in [0.4, 0.5) is 4.39 Å². The Bertz CT molecular complexity index is 611. The summed E-state index contributed by atoms with van der Waals surface area (Å²) in [6.07, 6.45) is 1.91. The highest BCUT2D eigenvalue weighted by Gasteiger charge is 2.01. The highest BCUT2D eigenvalue weighted by Crippen LogP contribution is 2.16. The first-order chi connectivity index (χ1) is 10.7. The van der Waals surface area contributed by atoms with E-state index < -0.39 is 0 Å². The Labute approximate surface area is 158 Å². The second-order valence-electron chi connectivity index (χ2n) is 4.95. The first-order valence-corrected chi connectivity index (χ1v) is 8.29. The Morgan fingerprint density at radius 2 is 1.78 bits per heavy atom. The van der Waals surface area contributed by atoms with Crippen molar-refractivity contribution in [2.24, 2.45) is 4.99 Å². The summed E-state index contributed by atoms with van der Waals surface area (Å²) in [7, 11) is 1.76. The topological polar surface area (TPSA) is 36.4 Å². The average Bonchev–Trinajstić information content (AvgIpc) is 3.00. The van der Waals surface area contributed by atoms with Crippen molar-refractivity contribution in [2.75, 3.05) is 13.6 Å². The Hall–Kier alpha value is -1.15. The van der Waals surface area contributed by atoms with Crippen LogP contribution in [0.3, 0.4) is 0 Å². The van der Waals surface area contributed by atoms with Gasteiger partial charge in [-0.3, -0.25) is 4.99 Å². The van der Waals surface area contributed by atoms with E-state index in [4.69, 9.17) is 0 Å². The smallest absolute Gasteiger partial charge is 0.191 e. The summed E-state index contributed by atoms with van der Waals surface area (Å²) < 4.78 is 12.8. The maximum atomic E-state index is 12.8. The molecule has 0 bridgehead atoms. The summed E-state index contributed by atoms with van der Waals surface area (Å²) in [5.74, 6) is 0.588. The first-order valence-electron chi connectivity index (χ1n) is 7.47. The lowest BCUT2D eigenvalue weighted by Crippen LogP contribution is -2.37. The third-order valence-corrected chi connectivity index (χ3v) is 4.57. The van der Waals surface area contributed by atoms with Gasteiger partial charge >= 0.3 is 0 Å². The van der Waals surface area contributed by atoms with Gasteiger partial charge in [0.1, 0.15) is 5.82 Å². The predicted molar refractivity (Wildman–Crippen MR) is 107 cm³/mol. The van der Waals surface area contributed by atoms with Crippen LogP contribution in [0.1, 0.15) is 22.2 Å². The van der Waals surface area contributed by atoms with Gasteiger partial charge in [-0.15, -0.1) is 35.3 Å². The molecule has 6 heteroatoms. The van der Waals surface area contributed by atoms with Crippen LogP contribution in [0.2, 0.25) is 0 Å². The Morgan fingerprint density at radius 3 is 2.39 bits per heavy atom. The number of aliphatic imine (C=N–C) groups is 1. The fraction of sp³-hybridized carbons (Fsp3) is 0.353. The van der Waals surface area contributed by atoms with E-state index in [-0.39, 0.29) is 29.8 Å². The van der Waals surface area contributed by atoms with Crippen LogP contribution in [-0.2, 0) is 19.4 Å². The Balaban J connectivity index is 0.00000264. The van der Waals surface area contributed by atoms with Crippen molar-refractivity contribution in [1.82, 2.24) is 10.6 Å². The SMILES string of the molecule is CCc1ccc(CNC(=NC)NCCc2ccc(F)cc2)s1.I. The van der Waals surface area contributed by atoms with E-state index in [0.717, 1.165) is 37.5 Å². The standard InChI is InChI=1S/C17H22FN3S.HI/c1-3-15-8-9-16(22-15)12-21-17(19-2)20-11-10-13-4-6-14(18)7-5-13;/h4-9H,3,10-12H2,1-2H3,(H2,19,20,21);1H. The minimum atomic E-state index is -0.198. The third-order valence-electron chi connectivity index (χ3n) is 3.34. The molecule has 0 amide bonds. The van der Waals surface area contributed by atoms with Gasteiger partial charge in [-0.05, 0) is 42.7 Å². The van der Waals surface area contributed by atoms with Crippen LogP contribution >= 0.6 is 35.3 Å². The van der Waals surface area contributed by atoms with E-state index in [9.17, 15) is 4.39 Å². The highest BCUT2D eigenvalue weighted by atomic mass is 127. The number of thiophene rings is 1. The molecule has 2 aromatic rings. The van der Waals surface area contributed by atoms with Gasteiger partial charge in [-0.2, -0.15) is 0 Å². The zero-order valence-corrected chi connectivity index (χ0v) is 16.6. The average molecular weight is 447 g/mol. The van der Waals surface area contributed by atoms with Crippen LogP contribution in [0.5, 0.6) is 0 Å². The van der Waals surface area contributed by atoms with Gasteiger partial charge in [-0.1, -0.05) is 19.1 Å². The number of benzene rings is 1. The van der Waals surface area contributed by atoms with E-state index in [1.54, 1.807) is 7.05 Å². The highest BCUT2D eigenvalue weighted by molar-refractivity contribution is 14.0. The molecule has 3 nitrogen and oxygen atoms in total. The van der Waals surface area contributed by atoms with E-state index in [1.165, 1.54) is 21.9 Å². The lowest BCUT2D eigenvalue weighted by molar-refractivity contribution is 0.626. The lowest BCUT2D eigenvalue weighted by atomic mass is 10.1. The van der Waals surface area contributed by atoms with Gasteiger partial charge in [0.15, 0.2) is 5.96 Å². The number of rotatable bonds is 6. The third kappa shape index (κ3) is 6.87. The summed E-state index contributed by atoms with van der Waals surface area (Å²) in [6.45, 7) is 3.70. The number of nitrogens with zero attached hydrogens (tertiary/aromatic N) is 1. The number of halogens is 2. The maximum Gasteiger partial charge on any atom is 0.191 e. The normalized spacial score (nSPS) is 11.0. The molecular formula is C17H23FIN3S. The molecule has 0 aliphatic carbocycles. The first kappa shape index (κ1) is 19.9. The van der Waals surface area contributed by atoms with Gasteiger partial charge in [0.05, 0.1) is 6.54 Å². The van der Waals surface area contributed by atoms with E-state index in [1.807, 2.05) is 23.5 Å². The second-order valence-corrected chi connectivity index (χ2v) is 6.20. The summed E-state index contributed by atoms with van der Waals surface area (Å²) in [5.41, 5.74) is 1.11. The number of aryl methyl sites for hydroxylation is 1. The molecular weight excluding hydrogens is 424 g/mol. The molecule has 2 N–H and O–H groups in total. The minimum absolute atomic E-state index is 0. The largest absolute Gasteiger partial charge is 0.356 e. The monoisotopic (exact) mass is 447 g/mol. The van der Waals surface area contributed by atoms with Crippen molar-refractivity contribution < 1.29 is 4.39 Å². The molecule has 0 saturated heterocycles. The van der Waals surface area contributed by atoms with Crippen molar-refractivity contribution in [2.45, 2.75) is 26.3 Å². The summed E-state index contributed by atoms with van der Waals surface area (Å²) in [5, 5.41) is 6.58. The van der Waals surface area contributed by atoms with Crippen LogP contribution in [0, 0.1) is 5.82 Å².